The van der Waals surface area contributed by atoms with E-state index in [2.05, 4.69) is 10.6 Å². The topological polar surface area (TPSA) is 67.4 Å². The Bertz CT molecular complexity index is 709. The SMILES string of the molecule is CC1=C(C(=O)OC2CCCCCCC2)[C@H](c2ccccc2Cl)NC(=O)N1. The zero-order chi connectivity index (χ0) is 18.5. The van der Waals surface area contributed by atoms with Crippen LogP contribution in [0.5, 0.6) is 0 Å². The Balaban J connectivity index is 1.83. The van der Waals surface area contributed by atoms with Crippen LogP contribution in [0.2, 0.25) is 5.02 Å². The normalized spacial score (nSPS) is 22.1. The molecule has 1 heterocycles. The number of carbonyl (C=O) groups excluding carboxylic acids is 2. The number of hydrogen-bond acceptors (Lipinski definition) is 3. The molecule has 2 amide bonds. The highest BCUT2D eigenvalue weighted by atomic mass is 35.5. The molecule has 1 aromatic rings. The molecule has 6 heteroatoms. The van der Waals surface area contributed by atoms with Crippen LogP contribution in [0.4, 0.5) is 4.79 Å². The van der Waals surface area contributed by atoms with Gasteiger partial charge in [-0.2, -0.15) is 0 Å². The number of hydrogen-bond donors (Lipinski definition) is 2. The van der Waals surface area contributed by atoms with Gasteiger partial charge < -0.3 is 15.4 Å². The summed E-state index contributed by atoms with van der Waals surface area (Å²) < 4.78 is 5.83. The third-order valence-electron chi connectivity index (χ3n) is 5.03. The molecule has 1 fully saturated rings. The number of amides is 2. The van der Waals surface area contributed by atoms with E-state index in [0.29, 0.717) is 21.9 Å². The van der Waals surface area contributed by atoms with Crippen LogP contribution < -0.4 is 10.6 Å². The number of rotatable bonds is 3. The van der Waals surface area contributed by atoms with Gasteiger partial charge in [0.2, 0.25) is 0 Å². The first-order valence-electron chi connectivity index (χ1n) is 9.30. The number of esters is 1. The summed E-state index contributed by atoms with van der Waals surface area (Å²) >= 11 is 6.31. The summed E-state index contributed by atoms with van der Waals surface area (Å²) in [5.74, 6) is -0.384. The molecule has 0 radical (unpaired) electrons. The van der Waals surface area contributed by atoms with E-state index in [4.69, 9.17) is 16.3 Å². The van der Waals surface area contributed by atoms with Gasteiger partial charge in [0.25, 0.3) is 0 Å². The van der Waals surface area contributed by atoms with Crippen LogP contribution >= 0.6 is 11.6 Å². The highest BCUT2D eigenvalue weighted by Crippen LogP contribution is 2.32. The third-order valence-corrected chi connectivity index (χ3v) is 5.38. The molecule has 1 atom stereocenters. The molecule has 0 unspecified atom stereocenters. The Morgan fingerprint density at radius 1 is 1.12 bits per heavy atom. The van der Waals surface area contributed by atoms with Crippen LogP contribution in [0.1, 0.15) is 63.5 Å². The zero-order valence-electron chi connectivity index (χ0n) is 15.0. The van der Waals surface area contributed by atoms with Crippen LogP contribution in [0, 0.1) is 0 Å². The molecule has 0 saturated heterocycles. The quantitative estimate of drug-likeness (QED) is 0.756. The van der Waals surface area contributed by atoms with Gasteiger partial charge in [-0.25, -0.2) is 9.59 Å². The van der Waals surface area contributed by atoms with E-state index >= 15 is 0 Å². The average Bonchev–Trinajstić information content (AvgIpc) is 2.56. The van der Waals surface area contributed by atoms with Crippen molar-refractivity contribution >= 4 is 23.6 Å². The maximum absolute atomic E-state index is 13.0. The minimum Gasteiger partial charge on any atom is -0.459 e. The fraction of sp³-hybridized carbons (Fsp3) is 0.500. The van der Waals surface area contributed by atoms with Gasteiger partial charge in [-0.05, 0) is 44.2 Å². The Hall–Kier alpha value is -2.01. The molecule has 1 aromatic carbocycles. The van der Waals surface area contributed by atoms with E-state index in [1.165, 1.54) is 19.3 Å². The van der Waals surface area contributed by atoms with Gasteiger partial charge in [0.15, 0.2) is 0 Å². The maximum atomic E-state index is 13.0. The third kappa shape index (κ3) is 4.39. The molecule has 1 aliphatic carbocycles. The number of urea groups is 1. The number of halogens is 1. The van der Waals surface area contributed by atoms with Crippen LogP contribution in [0.25, 0.3) is 0 Å². The molecule has 2 aliphatic rings. The average molecular weight is 377 g/mol. The molecule has 5 nitrogen and oxygen atoms in total. The number of ether oxygens (including phenoxy) is 1. The predicted octanol–water partition coefficient (Wildman–Crippen LogP) is 4.62. The highest BCUT2D eigenvalue weighted by molar-refractivity contribution is 6.31. The van der Waals surface area contributed by atoms with Crippen molar-refractivity contribution in [1.29, 1.82) is 0 Å². The standard InChI is InChI=1S/C20H25ClN2O3/c1-13-17(19(24)26-14-9-5-3-2-4-6-10-14)18(23-20(25)22-13)15-11-7-8-12-16(15)21/h7-8,11-12,14,18H,2-6,9-10H2,1H3,(H2,22,23,25)/t18-/m0/s1. The van der Waals surface area contributed by atoms with Crippen LogP contribution in [0.15, 0.2) is 35.5 Å². The zero-order valence-corrected chi connectivity index (χ0v) is 15.8. The molecule has 1 aliphatic heterocycles. The van der Waals surface area contributed by atoms with Gasteiger partial charge in [0.05, 0.1) is 11.6 Å². The van der Waals surface area contributed by atoms with Gasteiger partial charge in [0.1, 0.15) is 6.10 Å². The fourth-order valence-corrected chi connectivity index (χ4v) is 3.90. The second-order valence-electron chi connectivity index (χ2n) is 6.96. The second-order valence-corrected chi connectivity index (χ2v) is 7.37. The summed E-state index contributed by atoms with van der Waals surface area (Å²) in [4.78, 5) is 24.9. The van der Waals surface area contributed by atoms with Gasteiger partial charge in [0, 0.05) is 10.7 Å². The maximum Gasteiger partial charge on any atom is 0.338 e. The van der Waals surface area contributed by atoms with E-state index in [-0.39, 0.29) is 18.1 Å². The summed E-state index contributed by atoms with van der Waals surface area (Å²) in [7, 11) is 0. The van der Waals surface area contributed by atoms with Crippen molar-refractivity contribution in [2.45, 2.75) is 64.0 Å². The van der Waals surface area contributed by atoms with Gasteiger partial charge >= 0.3 is 12.0 Å². The number of nitrogens with one attached hydrogen (secondary N) is 2. The predicted molar refractivity (Wildman–Crippen MR) is 101 cm³/mol. The summed E-state index contributed by atoms with van der Waals surface area (Å²) in [5, 5.41) is 5.98. The summed E-state index contributed by atoms with van der Waals surface area (Å²) in [6, 6.07) is 6.25. The lowest BCUT2D eigenvalue weighted by Crippen LogP contribution is -2.45. The fourth-order valence-electron chi connectivity index (χ4n) is 3.66. The summed E-state index contributed by atoms with van der Waals surface area (Å²) in [5.41, 5.74) is 1.61. The van der Waals surface area contributed by atoms with Crippen molar-refractivity contribution in [2.75, 3.05) is 0 Å². The van der Waals surface area contributed by atoms with E-state index in [1.54, 1.807) is 13.0 Å². The van der Waals surface area contributed by atoms with E-state index in [0.717, 1.165) is 25.7 Å². The first-order chi connectivity index (χ1) is 12.6. The van der Waals surface area contributed by atoms with Gasteiger partial charge in [-0.1, -0.05) is 49.1 Å². The molecule has 26 heavy (non-hydrogen) atoms. The molecule has 0 bridgehead atoms. The molecular formula is C20H25ClN2O3. The molecule has 0 aromatic heterocycles. The van der Waals surface area contributed by atoms with E-state index < -0.39 is 6.04 Å². The minimum atomic E-state index is -0.612. The second kappa shape index (κ2) is 8.58. The number of carbonyl (C=O) groups is 2. The minimum absolute atomic E-state index is 0.0624. The smallest absolute Gasteiger partial charge is 0.338 e. The largest absolute Gasteiger partial charge is 0.459 e. The van der Waals surface area contributed by atoms with E-state index in [1.807, 2.05) is 18.2 Å². The lowest BCUT2D eigenvalue weighted by Gasteiger charge is -2.30. The van der Waals surface area contributed by atoms with Crippen LogP contribution in [-0.4, -0.2) is 18.1 Å². The molecule has 3 rings (SSSR count). The van der Waals surface area contributed by atoms with Crippen molar-refractivity contribution in [3.8, 4) is 0 Å². The first-order valence-corrected chi connectivity index (χ1v) is 9.67. The Labute approximate surface area is 159 Å². The van der Waals surface area contributed by atoms with Crippen molar-refractivity contribution in [1.82, 2.24) is 10.6 Å². The molecule has 140 valence electrons. The number of benzene rings is 1. The van der Waals surface area contributed by atoms with Crippen LogP contribution in [-0.2, 0) is 9.53 Å². The van der Waals surface area contributed by atoms with Gasteiger partial charge in [-0.15, -0.1) is 0 Å². The molecule has 0 spiro atoms. The van der Waals surface area contributed by atoms with Crippen molar-refractivity contribution < 1.29 is 14.3 Å². The van der Waals surface area contributed by atoms with Gasteiger partial charge in [-0.3, -0.25) is 0 Å². The van der Waals surface area contributed by atoms with Crippen molar-refractivity contribution in [2.24, 2.45) is 0 Å². The lowest BCUT2D eigenvalue weighted by atomic mass is 9.95. The Morgan fingerprint density at radius 3 is 2.46 bits per heavy atom. The summed E-state index contributed by atoms with van der Waals surface area (Å²) in [6.45, 7) is 1.72. The van der Waals surface area contributed by atoms with Crippen molar-refractivity contribution in [3.63, 3.8) is 0 Å². The highest BCUT2D eigenvalue weighted by Gasteiger charge is 2.34. The van der Waals surface area contributed by atoms with Crippen molar-refractivity contribution in [3.05, 3.63) is 46.1 Å². The Kier molecular flexibility index (Phi) is 6.20. The molecule has 2 N–H and O–H groups in total. The first kappa shape index (κ1) is 18.8. The number of allylic oxidation sites excluding steroid dienone is 1. The molecule has 1 saturated carbocycles. The summed E-state index contributed by atoms with van der Waals surface area (Å²) in [6.07, 6.45) is 7.54. The van der Waals surface area contributed by atoms with E-state index in [9.17, 15) is 9.59 Å². The lowest BCUT2D eigenvalue weighted by molar-refractivity contribution is -0.145. The van der Waals surface area contributed by atoms with Crippen LogP contribution in [0.3, 0.4) is 0 Å². The molecular weight excluding hydrogens is 352 g/mol. The Morgan fingerprint density at radius 2 is 1.77 bits per heavy atom. The monoisotopic (exact) mass is 376 g/mol.